The van der Waals surface area contributed by atoms with Crippen molar-refractivity contribution >= 4 is 17.1 Å². The summed E-state index contributed by atoms with van der Waals surface area (Å²) in [4.78, 5) is 18.8. The Bertz CT molecular complexity index is 693. The van der Waals surface area contributed by atoms with Gasteiger partial charge in [0.05, 0.1) is 23.4 Å². The van der Waals surface area contributed by atoms with Gasteiger partial charge in [-0.05, 0) is 31.4 Å². The normalized spacial score (nSPS) is 22.6. The number of nitrogens with one attached hydrogen (secondary N) is 1. The van der Waals surface area contributed by atoms with E-state index in [-0.39, 0.29) is 12.1 Å². The number of fused-ring (bicyclic) bond motifs is 1. The first kappa shape index (κ1) is 14.5. The molecule has 122 valence electrons. The summed E-state index contributed by atoms with van der Waals surface area (Å²) in [5, 5.41) is 3.15. The molecule has 0 aliphatic carbocycles. The van der Waals surface area contributed by atoms with Gasteiger partial charge in [0.25, 0.3) is 0 Å². The number of benzene rings is 1. The van der Waals surface area contributed by atoms with Crippen LogP contribution in [0.2, 0.25) is 0 Å². The monoisotopic (exact) mass is 314 g/mol. The summed E-state index contributed by atoms with van der Waals surface area (Å²) in [5.74, 6) is 0. The maximum Gasteiger partial charge on any atom is 0.317 e. The number of ether oxygens (including phenoxy) is 1. The number of imidazole rings is 1. The number of hydrogen-bond acceptors (Lipinski definition) is 3. The molecule has 2 aliphatic rings. The first-order valence-electron chi connectivity index (χ1n) is 8.36. The number of aromatic nitrogens is 2. The highest BCUT2D eigenvalue weighted by Gasteiger charge is 2.29. The van der Waals surface area contributed by atoms with Crippen LogP contribution in [-0.4, -0.2) is 52.8 Å². The maximum absolute atomic E-state index is 12.4. The summed E-state index contributed by atoms with van der Waals surface area (Å²) in [5.41, 5.74) is 2.15. The number of urea groups is 1. The number of para-hydroxylation sites is 2. The first-order valence-corrected chi connectivity index (χ1v) is 8.36. The Balaban J connectivity index is 1.41. The molecule has 23 heavy (non-hydrogen) atoms. The van der Waals surface area contributed by atoms with Crippen molar-refractivity contribution in [1.29, 1.82) is 0 Å². The van der Waals surface area contributed by atoms with Crippen LogP contribution in [0.15, 0.2) is 30.6 Å². The van der Waals surface area contributed by atoms with Crippen LogP contribution < -0.4 is 5.32 Å². The molecule has 0 bridgehead atoms. The van der Waals surface area contributed by atoms with E-state index in [1.54, 1.807) is 0 Å². The minimum Gasteiger partial charge on any atom is -0.381 e. The van der Waals surface area contributed by atoms with E-state index in [2.05, 4.69) is 20.9 Å². The van der Waals surface area contributed by atoms with E-state index in [0.717, 1.165) is 56.6 Å². The lowest BCUT2D eigenvalue weighted by Crippen LogP contribution is -2.45. The smallest absolute Gasteiger partial charge is 0.317 e. The van der Waals surface area contributed by atoms with Gasteiger partial charge in [-0.15, -0.1) is 0 Å². The maximum atomic E-state index is 12.4. The van der Waals surface area contributed by atoms with E-state index < -0.39 is 0 Å². The average Bonchev–Trinajstić information content (AvgIpc) is 3.22. The fourth-order valence-corrected chi connectivity index (χ4v) is 3.53. The standard InChI is InChI=1S/C17H22N4O2/c22-17(19-13-6-9-23-10-7-13)20-8-5-14(11-20)21-12-18-15-3-1-2-4-16(15)21/h1-4,12-14H,5-11H2,(H,19,22). The van der Waals surface area contributed by atoms with Crippen molar-refractivity contribution in [2.75, 3.05) is 26.3 Å². The number of carbonyl (C=O) groups excluding carboxylic acids is 1. The molecule has 6 nitrogen and oxygen atoms in total. The zero-order chi connectivity index (χ0) is 15.6. The summed E-state index contributed by atoms with van der Waals surface area (Å²) in [7, 11) is 0. The highest BCUT2D eigenvalue weighted by atomic mass is 16.5. The number of carbonyl (C=O) groups is 1. The molecule has 1 atom stereocenters. The third kappa shape index (κ3) is 2.91. The molecule has 2 aliphatic heterocycles. The van der Waals surface area contributed by atoms with Crippen LogP contribution in [-0.2, 0) is 4.74 Å². The average molecular weight is 314 g/mol. The first-order chi connectivity index (χ1) is 11.3. The van der Waals surface area contributed by atoms with Crippen molar-refractivity contribution in [2.45, 2.75) is 31.3 Å². The van der Waals surface area contributed by atoms with E-state index in [1.807, 2.05) is 29.4 Å². The van der Waals surface area contributed by atoms with Crippen molar-refractivity contribution in [3.05, 3.63) is 30.6 Å². The molecular weight excluding hydrogens is 292 g/mol. The second-order valence-electron chi connectivity index (χ2n) is 6.37. The zero-order valence-corrected chi connectivity index (χ0v) is 13.1. The minimum absolute atomic E-state index is 0.0591. The summed E-state index contributed by atoms with van der Waals surface area (Å²) in [6.45, 7) is 3.03. The highest BCUT2D eigenvalue weighted by molar-refractivity contribution is 5.76. The molecule has 1 N–H and O–H groups in total. The Morgan fingerprint density at radius 2 is 2.04 bits per heavy atom. The van der Waals surface area contributed by atoms with Gasteiger partial charge in [0.1, 0.15) is 0 Å². The van der Waals surface area contributed by atoms with E-state index >= 15 is 0 Å². The minimum atomic E-state index is 0.0591. The molecule has 4 rings (SSSR count). The third-order valence-electron chi connectivity index (χ3n) is 4.87. The van der Waals surface area contributed by atoms with Crippen molar-refractivity contribution in [3.8, 4) is 0 Å². The van der Waals surface area contributed by atoms with Crippen LogP contribution in [0.5, 0.6) is 0 Å². The third-order valence-corrected chi connectivity index (χ3v) is 4.87. The van der Waals surface area contributed by atoms with Gasteiger partial charge < -0.3 is 19.5 Å². The molecule has 2 amide bonds. The lowest BCUT2D eigenvalue weighted by atomic mass is 10.1. The van der Waals surface area contributed by atoms with Crippen LogP contribution in [0.25, 0.3) is 11.0 Å². The lowest BCUT2D eigenvalue weighted by Gasteiger charge is -2.26. The molecule has 3 heterocycles. The Kier molecular flexibility index (Phi) is 3.91. The SMILES string of the molecule is O=C(NC1CCOCC1)N1CCC(n2cnc3ccccc32)C1. The van der Waals surface area contributed by atoms with Gasteiger partial charge in [0.15, 0.2) is 0 Å². The quantitative estimate of drug-likeness (QED) is 0.924. The highest BCUT2D eigenvalue weighted by Crippen LogP contribution is 2.26. The molecule has 0 radical (unpaired) electrons. The van der Waals surface area contributed by atoms with Crippen LogP contribution in [0, 0.1) is 0 Å². The number of nitrogens with zero attached hydrogens (tertiary/aromatic N) is 3. The fourth-order valence-electron chi connectivity index (χ4n) is 3.53. The van der Waals surface area contributed by atoms with Gasteiger partial charge in [-0.25, -0.2) is 9.78 Å². The second-order valence-corrected chi connectivity index (χ2v) is 6.37. The Labute approximate surface area is 135 Å². The zero-order valence-electron chi connectivity index (χ0n) is 13.1. The van der Waals surface area contributed by atoms with Crippen LogP contribution in [0.3, 0.4) is 0 Å². The predicted octanol–water partition coefficient (Wildman–Crippen LogP) is 2.17. The van der Waals surface area contributed by atoms with Crippen molar-refractivity contribution in [3.63, 3.8) is 0 Å². The lowest BCUT2D eigenvalue weighted by molar-refractivity contribution is 0.0784. The van der Waals surface area contributed by atoms with Gasteiger partial charge in [0.2, 0.25) is 0 Å². The molecule has 0 spiro atoms. The van der Waals surface area contributed by atoms with Gasteiger partial charge in [0, 0.05) is 32.3 Å². The molecule has 6 heteroatoms. The Morgan fingerprint density at radius 3 is 2.91 bits per heavy atom. The number of likely N-dealkylation sites (tertiary alicyclic amines) is 1. The Hall–Kier alpha value is -2.08. The predicted molar refractivity (Wildman–Crippen MR) is 87.3 cm³/mol. The summed E-state index contributed by atoms with van der Waals surface area (Å²) >= 11 is 0. The van der Waals surface area contributed by atoms with Crippen molar-refractivity contribution in [2.24, 2.45) is 0 Å². The summed E-state index contributed by atoms with van der Waals surface area (Å²) in [6, 6.07) is 8.77. The molecule has 2 fully saturated rings. The molecular formula is C17H22N4O2. The molecule has 1 aromatic carbocycles. The Morgan fingerprint density at radius 1 is 1.22 bits per heavy atom. The van der Waals surface area contributed by atoms with Gasteiger partial charge in [-0.2, -0.15) is 0 Å². The van der Waals surface area contributed by atoms with Crippen molar-refractivity contribution in [1.82, 2.24) is 19.8 Å². The summed E-state index contributed by atoms with van der Waals surface area (Å²) < 4.78 is 7.54. The van der Waals surface area contributed by atoms with Crippen LogP contribution in [0.1, 0.15) is 25.3 Å². The van der Waals surface area contributed by atoms with E-state index in [9.17, 15) is 4.79 Å². The van der Waals surface area contributed by atoms with Gasteiger partial charge in [-0.3, -0.25) is 0 Å². The largest absolute Gasteiger partial charge is 0.381 e. The number of hydrogen-bond donors (Lipinski definition) is 1. The summed E-state index contributed by atoms with van der Waals surface area (Å²) in [6.07, 6.45) is 4.70. The molecule has 1 aromatic heterocycles. The second kappa shape index (κ2) is 6.20. The molecule has 0 saturated carbocycles. The molecule has 1 unspecified atom stereocenters. The fraction of sp³-hybridized carbons (Fsp3) is 0.529. The molecule has 2 saturated heterocycles. The van der Waals surface area contributed by atoms with E-state index in [0.29, 0.717) is 6.04 Å². The van der Waals surface area contributed by atoms with E-state index in [1.165, 1.54) is 0 Å². The van der Waals surface area contributed by atoms with E-state index in [4.69, 9.17) is 4.74 Å². The molecule has 2 aromatic rings. The van der Waals surface area contributed by atoms with Gasteiger partial charge >= 0.3 is 6.03 Å². The topological polar surface area (TPSA) is 59.4 Å². The van der Waals surface area contributed by atoms with Gasteiger partial charge in [-0.1, -0.05) is 12.1 Å². The number of rotatable bonds is 2. The van der Waals surface area contributed by atoms with Crippen LogP contribution in [0.4, 0.5) is 4.79 Å². The van der Waals surface area contributed by atoms with Crippen LogP contribution >= 0.6 is 0 Å². The van der Waals surface area contributed by atoms with Crippen molar-refractivity contribution < 1.29 is 9.53 Å². The number of amides is 2.